The van der Waals surface area contributed by atoms with E-state index < -0.39 is 5.82 Å². The van der Waals surface area contributed by atoms with E-state index in [1.54, 1.807) is 12.3 Å². The molecule has 0 aliphatic heterocycles. The molecule has 28 heavy (non-hydrogen) atoms. The molecule has 1 atom stereocenters. The molecule has 2 heterocycles. The quantitative estimate of drug-likeness (QED) is 0.650. The average Bonchev–Trinajstić information content (AvgIpc) is 3.29. The largest absolute Gasteiger partial charge is 0.471 e. The first-order valence-electron chi connectivity index (χ1n) is 8.83. The highest BCUT2D eigenvalue weighted by atomic mass is 35.5. The fourth-order valence-electron chi connectivity index (χ4n) is 2.73. The number of carbonyl (C=O) groups excluding carboxylic acids is 1. The van der Waals surface area contributed by atoms with E-state index in [1.165, 1.54) is 22.9 Å². The lowest BCUT2D eigenvalue weighted by molar-refractivity contribution is 0.0932. The Kier molecular flexibility index (Phi) is 5.99. The van der Waals surface area contributed by atoms with E-state index in [4.69, 9.17) is 16.3 Å². The first kappa shape index (κ1) is 19.9. The highest BCUT2D eigenvalue weighted by Crippen LogP contribution is 2.21. The normalized spacial score (nSPS) is 12.0. The number of amides is 1. The second-order valence-corrected chi connectivity index (χ2v) is 6.72. The third kappa shape index (κ3) is 4.51. The summed E-state index contributed by atoms with van der Waals surface area (Å²) in [6.07, 6.45) is 3.56. The Hall–Kier alpha value is -2.87. The third-order valence-corrected chi connectivity index (χ3v) is 4.54. The maximum atomic E-state index is 13.2. The highest BCUT2D eigenvalue weighted by Gasteiger charge is 2.17. The first-order valence-corrected chi connectivity index (χ1v) is 9.21. The molecule has 3 rings (SSSR count). The molecule has 0 spiro atoms. The van der Waals surface area contributed by atoms with Crippen LogP contribution in [0.2, 0.25) is 5.02 Å². The summed E-state index contributed by atoms with van der Waals surface area (Å²) >= 11 is 5.73. The Balaban J connectivity index is 1.60. The van der Waals surface area contributed by atoms with Crippen LogP contribution in [0, 0.1) is 12.7 Å². The molecule has 0 saturated heterocycles. The lowest BCUT2D eigenvalue weighted by atomic mass is 10.1. The van der Waals surface area contributed by atoms with Gasteiger partial charge in [0.25, 0.3) is 5.91 Å². The summed E-state index contributed by atoms with van der Waals surface area (Å²) in [5, 5.41) is 11.5. The molecule has 0 saturated carbocycles. The van der Waals surface area contributed by atoms with E-state index in [9.17, 15) is 9.18 Å². The molecule has 0 aliphatic carbocycles. The van der Waals surface area contributed by atoms with Crippen molar-refractivity contribution < 1.29 is 13.9 Å². The van der Waals surface area contributed by atoms with Crippen molar-refractivity contribution in [3.8, 4) is 5.75 Å². The number of halogens is 2. The number of aryl methyl sites for hydroxylation is 2. The van der Waals surface area contributed by atoms with Crippen LogP contribution >= 0.6 is 11.6 Å². The van der Waals surface area contributed by atoms with Gasteiger partial charge in [-0.15, -0.1) is 0 Å². The molecule has 7 nitrogen and oxygen atoms in total. The molecular weight excluding hydrogens is 385 g/mol. The van der Waals surface area contributed by atoms with E-state index in [-0.39, 0.29) is 29.4 Å². The van der Waals surface area contributed by atoms with E-state index in [2.05, 4.69) is 15.5 Å². The van der Waals surface area contributed by atoms with Gasteiger partial charge in [-0.2, -0.15) is 10.2 Å². The van der Waals surface area contributed by atoms with Gasteiger partial charge >= 0.3 is 0 Å². The van der Waals surface area contributed by atoms with Gasteiger partial charge in [-0.25, -0.2) is 9.07 Å². The van der Waals surface area contributed by atoms with Crippen molar-refractivity contribution in [2.45, 2.75) is 40.1 Å². The second-order valence-electron chi connectivity index (χ2n) is 6.31. The van der Waals surface area contributed by atoms with Crippen molar-refractivity contribution in [1.82, 2.24) is 24.9 Å². The smallest absolute Gasteiger partial charge is 0.272 e. The van der Waals surface area contributed by atoms with Crippen molar-refractivity contribution >= 4 is 17.5 Å². The molecule has 0 radical (unpaired) electrons. The van der Waals surface area contributed by atoms with Gasteiger partial charge in [-0.1, -0.05) is 11.6 Å². The maximum Gasteiger partial charge on any atom is 0.272 e. The minimum absolute atomic E-state index is 0.0197. The number of nitrogens with zero attached hydrogens (tertiary/aromatic N) is 4. The van der Waals surface area contributed by atoms with E-state index in [1.807, 2.05) is 31.6 Å². The van der Waals surface area contributed by atoms with Gasteiger partial charge in [0.15, 0.2) is 6.73 Å². The first-order chi connectivity index (χ1) is 13.4. The summed E-state index contributed by atoms with van der Waals surface area (Å²) < 4.78 is 22.0. The number of hydrogen-bond donors (Lipinski definition) is 1. The van der Waals surface area contributed by atoms with Gasteiger partial charge in [0.05, 0.1) is 16.8 Å². The fourth-order valence-corrected chi connectivity index (χ4v) is 2.90. The van der Waals surface area contributed by atoms with Gasteiger partial charge in [0.1, 0.15) is 17.3 Å². The summed E-state index contributed by atoms with van der Waals surface area (Å²) in [7, 11) is 0. The van der Waals surface area contributed by atoms with Crippen LogP contribution in [-0.2, 0) is 13.3 Å². The number of aromatic nitrogens is 4. The zero-order chi connectivity index (χ0) is 20.3. The van der Waals surface area contributed by atoms with Gasteiger partial charge in [-0.05, 0) is 39.0 Å². The summed E-state index contributed by atoms with van der Waals surface area (Å²) in [4.78, 5) is 12.5. The molecule has 2 aromatic heterocycles. The Morgan fingerprint density at radius 3 is 2.79 bits per heavy atom. The molecule has 3 aromatic rings. The SMILES string of the molecule is CCn1cc(C(C)NC(=O)c2ccn(COc3ccc(F)c(Cl)c3)n2)c(C)n1. The zero-order valence-corrected chi connectivity index (χ0v) is 16.6. The molecule has 9 heteroatoms. The van der Waals surface area contributed by atoms with Crippen molar-refractivity contribution in [2.24, 2.45) is 0 Å². The molecule has 0 fully saturated rings. The fraction of sp³-hybridized carbons (Fsp3) is 0.316. The van der Waals surface area contributed by atoms with Crippen molar-refractivity contribution in [3.63, 3.8) is 0 Å². The van der Waals surface area contributed by atoms with Crippen molar-refractivity contribution in [3.05, 3.63) is 64.5 Å². The van der Waals surface area contributed by atoms with Crippen LogP contribution in [0.25, 0.3) is 0 Å². The number of nitrogens with one attached hydrogen (secondary N) is 1. The Morgan fingerprint density at radius 1 is 1.32 bits per heavy atom. The van der Waals surface area contributed by atoms with Crippen LogP contribution < -0.4 is 10.1 Å². The monoisotopic (exact) mass is 405 g/mol. The molecular formula is C19H21ClFN5O2. The van der Waals surface area contributed by atoms with Crippen LogP contribution in [0.3, 0.4) is 0 Å². The molecule has 1 aromatic carbocycles. The standard InChI is InChI=1S/C19H21ClFN5O2/c1-4-25-10-15(13(3)23-25)12(2)22-19(27)18-7-8-26(24-18)11-28-14-5-6-17(21)16(20)9-14/h5-10,12H,4,11H2,1-3H3,(H,22,27). The maximum absolute atomic E-state index is 13.2. The topological polar surface area (TPSA) is 74.0 Å². The summed E-state index contributed by atoms with van der Waals surface area (Å²) in [5.41, 5.74) is 2.12. The Bertz CT molecular complexity index is 985. The summed E-state index contributed by atoms with van der Waals surface area (Å²) in [6.45, 7) is 6.66. The predicted octanol–water partition coefficient (Wildman–Crippen LogP) is 3.73. The van der Waals surface area contributed by atoms with Crippen LogP contribution in [0.1, 0.15) is 41.6 Å². The van der Waals surface area contributed by atoms with Crippen LogP contribution in [0.15, 0.2) is 36.7 Å². The van der Waals surface area contributed by atoms with E-state index in [0.29, 0.717) is 5.75 Å². The minimum atomic E-state index is -0.513. The highest BCUT2D eigenvalue weighted by molar-refractivity contribution is 6.30. The van der Waals surface area contributed by atoms with Gasteiger partial charge in [0.2, 0.25) is 0 Å². The Labute approximate surface area is 167 Å². The Morgan fingerprint density at radius 2 is 2.11 bits per heavy atom. The van der Waals surface area contributed by atoms with Crippen molar-refractivity contribution in [2.75, 3.05) is 0 Å². The molecule has 0 aliphatic rings. The summed E-state index contributed by atoms with van der Waals surface area (Å²) in [6, 6.07) is 5.48. The number of ether oxygens (including phenoxy) is 1. The molecule has 1 amide bonds. The van der Waals surface area contributed by atoms with Gasteiger partial charge < -0.3 is 10.1 Å². The van der Waals surface area contributed by atoms with E-state index in [0.717, 1.165) is 17.8 Å². The summed E-state index contributed by atoms with van der Waals surface area (Å²) in [5.74, 6) is -0.398. The van der Waals surface area contributed by atoms with Crippen LogP contribution in [0.4, 0.5) is 4.39 Å². The molecule has 1 N–H and O–H groups in total. The lowest BCUT2D eigenvalue weighted by Gasteiger charge is -2.12. The number of carbonyl (C=O) groups is 1. The van der Waals surface area contributed by atoms with Gasteiger partial charge in [-0.3, -0.25) is 9.48 Å². The molecule has 148 valence electrons. The number of hydrogen-bond acceptors (Lipinski definition) is 4. The second kappa shape index (κ2) is 8.43. The zero-order valence-electron chi connectivity index (χ0n) is 15.8. The number of benzene rings is 1. The average molecular weight is 406 g/mol. The van der Waals surface area contributed by atoms with Crippen LogP contribution in [0.5, 0.6) is 5.75 Å². The van der Waals surface area contributed by atoms with Crippen molar-refractivity contribution in [1.29, 1.82) is 0 Å². The minimum Gasteiger partial charge on any atom is -0.471 e. The molecule has 0 bridgehead atoms. The van der Waals surface area contributed by atoms with Crippen LogP contribution in [-0.4, -0.2) is 25.5 Å². The lowest BCUT2D eigenvalue weighted by Crippen LogP contribution is -2.27. The predicted molar refractivity (Wildman–Crippen MR) is 103 cm³/mol. The van der Waals surface area contributed by atoms with E-state index >= 15 is 0 Å². The van der Waals surface area contributed by atoms with Gasteiger partial charge in [0, 0.05) is 30.6 Å². The number of rotatable bonds is 7. The third-order valence-electron chi connectivity index (χ3n) is 4.25. The molecule has 1 unspecified atom stereocenters.